The molecule has 0 bridgehead atoms. The van der Waals surface area contributed by atoms with Gasteiger partial charge < -0.3 is 15.2 Å². The average molecular weight is 440 g/mol. The fourth-order valence-corrected chi connectivity index (χ4v) is 4.29. The number of carbonyl (C=O) groups excluding carboxylic acids is 1. The van der Waals surface area contributed by atoms with Crippen LogP contribution < -0.4 is 5.32 Å². The summed E-state index contributed by atoms with van der Waals surface area (Å²) in [4.78, 5) is 26.7. The van der Waals surface area contributed by atoms with Crippen LogP contribution in [-0.2, 0) is 0 Å². The third kappa shape index (κ3) is 2.91. The first-order valence-electron chi connectivity index (χ1n) is 9.22. The number of nitrogens with zero attached hydrogens (tertiary/aromatic N) is 4. The molecule has 0 saturated carbocycles. The molecule has 3 aromatic heterocycles. The van der Waals surface area contributed by atoms with E-state index in [1.54, 1.807) is 6.20 Å². The van der Waals surface area contributed by atoms with Crippen LogP contribution >= 0.6 is 15.9 Å². The number of aromatic amines is 2. The second kappa shape index (κ2) is 6.90. The van der Waals surface area contributed by atoms with Gasteiger partial charge in [0.2, 0.25) is 0 Å². The monoisotopic (exact) mass is 439 g/mol. The summed E-state index contributed by atoms with van der Waals surface area (Å²) < 4.78 is 0.686. The van der Waals surface area contributed by atoms with E-state index in [4.69, 9.17) is 0 Å². The molecule has 0 radical (unpaired) electrons. The maximum atomic E-state index is 13.0. The standard InChI is InChI=1S/C19H18BrN7O/c20-15-14-17(24-12-4-5-13-11(8-12)9-23-26-13)21-10-22-18(14)25-16(15)19(28)27-6-2-1-3-7-27/h4-5,8-10H,1-3,6-7H2,(H,23,26)(H2,21,22,24,25). The van der Waals surface area contributed by atoms with Crippen LogP contribution in [0.4, 0.5) is 11.5 Å². The molecule has 142 valence electrons. The predicted molar refractivity (Wildman–Crippen MR) is 111 cm³/mol. The molecule has 1 amide bonds. The van der Waals surface area contributed by atoms with Gasteiger partial charge in [-0.15, -0.1) is 0 Å². The number of nitrogens with one attached hydrogen (secondary N) is 3. The number of benzene rings is 1. The SMILES string of the molecule is O=C(c1[nH]c2ncnc(Nc3ccc4[nH]ncc4c3)c2c1Br)N1CCCCC1. The first-order chi connectivity index (χ1) is 13.7. The lowest BCUT2D eigenvalue weighted by Crippen LogP contribution is -2.35. The van der Waals surface area contributed by atoms with E-state index < -0.39 is 0 Å². The van der Waals surface area contributed by atoms with Gasteiger partial charge in [-0.2, -0.15) is 5.10 Å². The van der Waals surface area contributed by atoms with E-state index in [0.717, 1.165) is 47.9 Å². The maximum absolute atomic E-state index is 13.0. The van der Waals surface area contributed by atoms with Crippen molar-refractivity contribution in [3.63, 3.8) is 0 Å². The van der Waals surface area contributed by atoms with Gasteiger partial charge in [-0.05, 0) is 53.4 Å². The zero-order chi connectivity index (χ0) is 19.1. The Labute approximate surface area is 168 Å². The van der Waals surface area contributed by atoms with Crippen LogP contribution in [0.2, 0.25) is 0 Å². The molecule has 1 aliphatic rings. The minimum absolute atomic E-state index is 0.00431. The summed E-state index contributed by atoms with van der Waals surface area (Å²) in [5.74, 6) is 0.629. The molecular formula is C19H18BrN7O. The minimum atomic E-state index is -0.00431. The number of hydrogen-bond acceptors (Lipinski definition) is 5. The second-order valence-electron chi connectivity index (χ2n) is 6.91. The highest BCUT2D eigenvalue weighted by atomic mass is 79.9. The minimum Gasteiger partial charge on any atom is -0.340 e. The van der Waals surface area contributed by atoms with Gasteiger partial charge in [-0.3, -0.25) is 9.89 Å². The molecule has 1 fully saturated rings. The molecule has 1 saturated heterocycles. The van der Waals surface area contributed by atoms with Crippen molar-refractivity contribution in [2.24, 2.45) is 0 Å². The number of H-pyrrole nitrogens is 2. The summed E-state index contributed by atoms with van der Waals surface area (Å²) in [5, 5.41) is 12.1. The fraction of sp³-hybridized carbons (Fsp3) is 0.263. The van der Waals surface area contributed by atoms with Gasteiger partial charge >= 0.3 is 0 Å². The van der Waals surface area contributed by atoms with E-state index in [9.17, 15) is 4.79 Å². The largest absolute Gasteiger partial charge is 0.340 e. The molecule has 3 N–H and O–H groups in total. The third-order valence-electron chi connectivity index (χ3n) is 5.09. The van der Waals surface area contributed by atoms with Crippen LogP contribution in [0, 0.1) is 0 Å². The molecule has 5 rings (SSSR count). The first-order valence-corrected chi connectivity index (χ1v) is 10.0. The van der Waals surface area contributed by atoms with Gasteiger partial charge in [-0.25, -0.2) is 9.97 Å². The van der Waals surface area contributed by atoms with Gasteiger partial charge in [0, 0.05) is 24.2 Å². The highest BCUT2D eigenvalue weighted by Gasteiger charge is 2.25. The zero-order valence-corrected chi connectivity index (χ0v) is 16.6. The molecule has 4 aromatic rings. The molecule has 0 unspecified atom stereocenters. The van der Waals surface area contributed by atoms with E-state index >= 15 is 0 Å². The van der Waals surface area contributed by atoms with Crippen LogP contribution in [0.25, 0.3) is 21.9 Å². The average Bonchev–Trinajstić information content (AvgIpc) is 3.33. The number of hydrogen-bond donors (Lipinski definition) is 3. The fourth-order valence-electron chi connectivity index (χ4n) is 3.64. The van der Waals surface area contributed by atoms with Crippen molar-refractivity contribution < 1.29 is 4.79 Å². The number of carbonyl (C=O) groups is 1. The van der Waals surface area contributed by atoms with Crippen molar-refractivity contribution in [1.82, 2.24) is 30.0 Å². The summed E-state index contributed by atoms with van der Waals surface area (Å²) >= 11 is 3.60. The summed E-state index contributed by atoms with van der Waals surface area (Å²) in [7, 11) is 0. The van der Waals surface area contributed by atoms with Crippen LogP contribution in [0.1, 0.15) is 29.8 Å². The Hall–Kier alpha value is -2.94. The van der Waals surface area contributed by atoms with Crippen molar-refractivity contribution in [3.05, 3.63) is 40.9 Å². The van der Waals surface area contributed by atoms with E-state index in [1.165, 1.54) is 12.7 Å². The van der Waals surface area contributed by atoms with Crippen molar-refractivity contribution in [2.45, 2.75) is 19.3 Å². The number of halogens is 1. The van der Waals surface area contributed by atoms with E-state index in [1.807, 2.05) is 23.1 Å². The van der Waals surface area contributed by atoms with Gasteiger partial charge in [0.25, 0.3) is 5.91 Å². The molecule has 28 heavy (non-hydrogen) atoms. The van der Waals surface area contributed by atoms with Crippen LogP contribution in [0.5, 0.6) is 0 Å². The molecule has 4 heterocycles. The molecule has 0 spiro atoms. The number of aromatic nitrogens is 5. The molecule has 9 heteroatoms. The van der Waals surface area contributed by atoms with Crippen molar-refractivity contribution in [1.29, 1.82) is 0 Å². The topological polar surface area (TPSA) is 103 Å². The molecule has 1 aliphatic heterocycles. The Morgan fingerprint density at radius 2 is 2.04 bits per heavy atom. The van der Waals surface area contributed by atoms with Crippen LogP contribution in [0.15, 0.2) is 35.2 Å². The highest BCUT2D eigenvalue weighted by Crippen LogP contribution is 2.34. The summed E-state index contributed by atoms with van der Waals surface area (Å²) in [6.45, 7) is 1.59. The normalized spacial score (nSPS) is 14.7. The van der Waals surface area contributed by atoms with Gasteiger partial charge in [0.05, 0.1) is 21.6 Å². The van der Waals surface area contributed by atoms with Crippen molar-refractivity contribution in [2.75, 3.05) is 18.4 Å². The Morgan fingerprint density at radius 1 is 1.18 bits per heavy atom. The number of amides is 1. The molecule has 0 aliphatic carbocycles. The van der Waals surface area contributed by atoms with Gasteiger partial charge in [-0.1, -0.05) is 0 Å². The van der Waals surface area contributed by atoms with Crippen molar-refractivity contribution in [3.8, 4) is 0 Å². The lowest BCUT2D eigenvalue weighted by Gasteiger charge is -2.26. The number of likely N-dealkylation sites (tertiary alicyclic amines) is 1. The van der Waals surface area contributed by atoms with E-state index in [-0.39, 0.29) is 5.91 Å². The molecule has 8 nitrogen and oxygen atoms in total. The number of fused-ring (bicyclic) bond motifs is 2. The number of rotatable bonds is 3. The number of anilines is 2. The highest BCUT2D eigenvalue weighted by molar-refractivity contribution is 9.10. The Balaban J connectivity index is 1.52. The summed E-state index contributed by atoms with van der Waals surface area (Å²) in [5.41, 5.74) is 2.99. The third-order valence-corrected chi connectivity index (χ3v) is 5.88. The second-order valence-corrected chi connectivity index (χ2v) is 7.70. The maximum Gasteiger partial charge on any atom is 0.271 e. The van der Waals surface area contributed by atoms with Crippen molar-refractivity contribution >= 4 is 55.3 Å². The van der Waals surface area contributed by atoms with Crippen LogP contribution in [0.3, 0.4) is 0 Å². The zero-order valence-electron chi connectivity index (χ0n) is 15.0. The first kappa shape index (κ1) is 17.2. The summed E-state index contributed by atoms with van der Waals surface area (Å²) in [6.07, 6.45) is 6.54. The Bertz CT molecular complexity index is 1180. The Kier molecular flexibility index (Phi) is 4.23. The van der Waals surface area contributed by atoms with E-state index in [0.29, 0.717) is 21.6 Å². The number of piperidine rings is 1. The molecular weight excluding hydrogens is 422 g/mol. The predicted octanol–water partition coefficient (Wildman–Crippen LogP) is 3.97. The van der Waals surface area contributed by atoms with Gasteiger partial charge in [0.1, 0.15) is 23.5 Å². The van der Waals surface area contributed by atoms with Gasteiger partial charge in [0.15, 0.2) is 0 Å². The smallest absolute Gasteiger partial charge is 0.271 e. The summed E-state index contributed by atoms with van der Waals surface area (Å²) in [6, 6.07) is 5.91. The quantitative estimate of drug-likeness (QED) is 0.448. The molecule has 0 atom stereocenters. The Morgan fingerprint density at radius 3 is 2.89 bits per heavy atom. The van der Waals surface area contributed by atoms with Crippen LogP contribution in [-0.4, -0.2) is 49.0 Å². The van der Waals surface area contributed by atoms with E-state index in [2.05, 4.69) is 46.4 Å². The lowest BCUT2D eigenvalue weighted by molar-refractivity contribution is 0.0718. The lowest BCUT2D eigenvalue weighted by atomic mass is 10.1. The molecule has 1 aromatic carbocycles.